The van der Waals surface area contributed by atoms with Crippen LogP contribution in [0.25, 0.3) is 0 Å². The van der Waals surface area contributed by atoms with Crippen molar-refractivity contribution in [1.82, 2.24) is 4.90 Å². The molecule has 100 valence electrons. The second kappa shape index (κ2) is 8.88. The van der Waals surface area contributed by atoms with Crippen molar-refractivity contribution in [2.45, 2.75) is 12.5 Å². The van der Waals surface area contributed by atoms with Crippen LogP contribution in [-0.2, 0) is 19.4 Å². The number of rotatable bonds is 9. The van der Waals surface area contributed by atoms with Gasteiger partial charge in [-0.25, -0.2) is 4.79 Å². The zero-order valence-electron chi connectivity index (χ0n) is 9.53. The van der Waals surface area contributed by atoms with Crippen molar-refractivity contribution in [2.75, 3.05) is 33.4 Å². The molecule has 0 heterocycles. The summed E-state index contributed by atoms with van der Waals surface area (Å²) in [5.41, 5.74) is 0. The molecule has 1 unspecified atom stereocenters. The van der Waals surface area contributed by atoms with Crippen LogP contribution in [0, 0.1) is 0 Å². The lowest BCUT2D eigenvalue weighted by atomic mass is 10.1. The highest BCUT2D eigenvalue weighted by Crippen LogP contribution is 2.07. The van der Waals surface area contributed by atoms with E-state index < -0.39 is 24.4 Å². The Balaban J connectivity index is 4.69. The molecule has 0 aliphatic heterocycles. The molecule has 8 nitrogen and oxygen atoms in total. The Morgan fingerprint density at radius 1 is 1.24 bits per heavy atom. The number of aliphatic hydroxyl groups is 2. The summed E-state index contributed by atoms with van der Waals surface area (Å²) in [6.07, 6.45) is -0.498. The molecule has 0 aliphatic rings. The van der Waals surface area contributed by atoms with E-state index in [4.69, 9.17) is 15.3 Å². The fraction of sp³-hybridized carbons (Fsp3) is 0.778. The monoisotopic (exact) mass is 251 g/mol. The van der Waals surface area contributed by atoms with Crippen molar-refractivity contribution in [3.63, 3.8) is 0 Å². The van der Waals surface area contributed by atoms with Gasteiger partial charge in [0, 0.05) is 13.1 Å². The Bertz CT molecular complexity index is 239. The molecule has 1 atom stereocenters. The first-order valence-corrected chi connectivity index (χ1v) is 4.98. The van der Waals surface area contributed by atoms with Gasteiger partial charge in [0.1, 0.15) is 6.04 Å². The van der Waals surface area contributed by atoms with Gasteiger partial charge in [-0.15, -0.1) is 0 Å². The van der Waals surface area contributed by atoms with Crippen LogP contribution in [0.3, 0.4) is 0 Å². The fourth-order valence-corrected chi connectivity index (χ4v) is 1.34. The molecule has 0 radical (unpaired) electrons. The summed E-state index contributed by atoms with van der Waals surface area (Å²) in [6.45, 7) is -0.429. The molecule has 0 aromatic heterocycles. The summed E-state index contributed by atoms with van der Waals surface area (Å²) in [5.74, 6) is -2.07. The maximum Gasteiger partial charge on any atom is 0.359 e. The van der Waals surface area contributed by atoms with E-state index in [9.17, 15) is 9.59 Å². The van der Waals surface area contributed by atoms with Gasteiger partial charge < -0.3 is 15.3 Å². The second-order valence-electron chi connectivity index (χ2n) is 3.17. The number of carbonyl (C=O) groups excluding carboxylic acids is 1. The molecule has 0 amide bonds. The highest BCUT2D eigenvalue weighted by atomic mass is 17.2. The first-order valence-electron chi connectivity index (χ1n) is 4.98. The highest BCUT2D eigenvalue weighted by Gasteiger charge is 2.30. The predicted octanol–water partition coefficient (Wildman–Crippen LogP) is -1.78. The number of nitrogens with zero attached hydrogens (tertiary/aromatic N) is 1. The molecule has 17 heavy (non-hydrogen) atoms. The van der Waals surface area contributed by atoms with Crippen LogP contribution in [-0.4, -0.2) is 71.6 Å². The zero-order valence-corrected chi connectivity index (χ0v) is 9.53. The van der Waals surface area contributed by atoms with E-state index in [1.807, 2.05) is 0 Å². The van der Waals surface area contributed by atoms with Crippen LogP contribution in [0.15, 0.2) is 0 Å². The van der Waals surface area contributed by atoms with Gasteiger partial charge in [-0.2, -0.15) is 4.89 Å². The van der Waals surface area contributed by atoms with Crippen LogP contribution in [0.1, 0.15) is 6.42 Å². The third kappa shape index (κ3) is 6.17. The number of aliphatic carboxylic acids is 1. The van der Waals surface area contributed by atoms with Crippen LogP contribution in [0.4, 0.5) is 0 Å². The SMILES string of the molecule is COOC(=O)C(CC(=O)O)N(CCO)CCO. The van der Waals surface area contributed by atoms with Gasteiger partial charge in [0.15, 0.2) is 0 Å². The average molecular weight is 251 g/mol. The molecular formula is C9H17NO7. The number of aliphatic hydroxyl groups excluding tert-OH is 2. The minimum absolute atomic E-state index is 0.0529. The maximum absolute atomic E-state index is 11.5. The number of carboxylic acid groups (broad SMARTS) is 1. The quantitative estimate of drug-likeness (QED) is 0.325. The molecular weight excluding hydrogens is 234 g/mol. The lowest BCUT2D eigenvalue weighted by Gasteiger charge is -2.26. The topological polar surface area (TPSA) is 117 Å². The largest absolute Gasteiger partial charge is 0.481 e. The lowest BCUT2D eigenvalue weighted by Crippen LogP contribution is -2.46. The number of carbonyl (C=O) groups is 2. The Hall–Kier alpha value is -1.22. The van der Waals surface area contributed by atoms with Gasteiger partial charge in [-0.3, -0.25) is 14.6 Å². The van der Waals surface area contributed by atoms with E-state index >= 15 is 0 Å². The molecule has 0 spiro atoms. The van der Waals surface area contributed by atoms with Crippen molar-refractivity contribution in [1.29, 1.82) is 0 Å². The third-order valence-corrected chi connectivity index (χ3v) is 2.02. The summed E-state index contributed by atoms with van der Waals surface area (Å²) in [4.78, 5) is 31.9. The molecule has 0 saturated carbocycles. The standard InChI is InChI=1S/C9H17NO7/c1-16-17-9(15)7(6-8(13)14)10(2-4-11)3-5-12/h7,11-12H,2-6H2,1H3,(H,13,14). The van der Waals surface area contributed by atoms with Gasteiger partial charge in [0.25, 0.3) is 0 Å². The number of hydrogen-bond donors (Lipinski definition) is 3. The van der Waals surface area contributed by atoms with Crippen molar-refractivity contribution in [3.05, 3.63) is 0 Å². The first kappa shape index (κ1) is 15.8. The number of carboxylic acids is 1. The number of hydrogen-bond acceptors (Lipinski definition) is 7. The van der Waals surface area contributed by atoms with Gasteiger partial charge in [-0.1, -0.05) is 0 Å². The Morgan fingerprint density at radius 3 is 2.12 bits per heavy atom. The summed E-state index contributed by atoms with van der Waals surface area (Å²) >= 11 is 0. The fourth-order valence-electron chi connectivity index (χ4n) is 1.34. The van der Waals surface area contributed by atoms with Gasteiger partial charge in [0.2, 0.25) is 0 Å². The van der Waals surface area contributed by atoms with E-state index in [1.54, 1.807) is 0 Å². The molecule has 0 aromatic carbocycles. The molecule has 8 heteroatoms. The third-order valence-electron chi connectivity index (χ3n) is 2.02. The molecule has 0 aliphatic carbocycles. The molecule has 0 rings (SSSR count). The molecule has 0 saturated heterocycles. The predicted molar refractivity (Wildman–Crippen MR) is 54.9 cm³/mol. The van der Waals surface area contributed by atoms with E-state index in [2.05, 4.69) is 9.78 Å². The van der Waals surface area contributed by atoms with Crippen molar-refractivity contribution >= 4 is 11.9 Å². The van der Waals surface area contributed by atoms with E-state index in [-0.39, 0.29) is 26.3 Å². The van der Waals surface area contributed by atoms with Gasteiger partial charge in [-0.05, 0) is 0 Å². The lowest BCUT2D eigenvalue weighted by molar-refractivity contribution is -0.260. The van der Waals surface area contributed by atoms with E-state index in [1.165, 1.54) is 4.90 Å². The van der Waals surface area contributed by atoms with Crippen LogP contribution in [0.2, 0.25) is 0 Å². The molecule has 3 N–H and O–H groups in total. The smallest absolute Gasteiger partial charge is 0.359 e. The summed E-state index contributed by atoms with van der Waals surface area (Å²) < 4.78 is 0. The van der Waals surface area contributed by atoms with E-state index in [0.29, 0.717) is 0 Å². The van der Waals surface area contributed by atoms with Crippen molar-refractivity contribution in [2.24, 2.45) is 0 Å². The minimum atomic E-state index is -1.19. The average Bonchev–Trinajstić information content (AvgIpc) is 2.26. The Kier molecular flexibility index (Phi) is 8.24. The second-order valence-corrected chi connectivity index (χ2v) is 3.17. The Morgan fingerprint density at radius 2 is 1.76 bits per heavy atom. The van der Waals surface area contributed by atoms with Crippen molar-refractivity contribution in [3.8, 4) is 0 Å². The summed E-state index contributed by atoms with van der Waals surface area (Å²) in [7, 11) is 1.12. The summed E-state index contributed by atoms with van der Waals surface area (Å²) in [6, 6.07) is -1.10. The van der Waals surface area contributed by atoms with Crippen molar-refractivity contribution < 1.29 is 34.7 Å². The minimum Gasteiger partial charge on any atom is -0.481 e. The highest BCUT2D eigenvalue weighted by molar-refractivity contribution is 5.81. The van der Waals surface area contributed by atoms with Crippen LogP contribution in [0.5, 0.6) is 0 Å². The molecule has 0 bridgehead atoms. The van der Waals surface area contributed by atoms with E-state index in [0.717, 1.165) is 7.11 Å². The molecule has 0 fully saturated rings. The van der Waals surface area contributed by atoms with Gasteiger partial charge >= 0.3 is 11.9 Å². The Labute approximate surface area is 98.3 Å². The molecule has 0 aromatic rings. The van der Waals surface area contributed by atoms with Crippen LogP contribution < -0.4 is 0 Å². The summed E-state index contributed by atoms with van der Waals surface area (Å²) in [5, 5.41) is 26.3. The zero-order chi connectivity index (χ0) is 13.3. The normalized spacial score (nSPS) is 12.5. The van der Waals surface area contributed by atoms with Gasteiger partial charge in [0.05, 0.1) is 26.7 Å². The first-order chi connectivity index (χ1) is 8.06. The maximum atomic E-state index is 11.5. The van der Waals surface area contributed by atoms with Crippen LogP contribution >= 0.6 is 0 Å².